The van der Waals surface area contributed by atoms with Crippen molar-refractivity contribution in [3.8, 4) is 0 Å². The van der Waals surface area contributed by atoms with Crippen molar-refractivity contribution in [2.75, 3.05) is 19.8 Å². The summed E-state index contributed by atoms with van der Waals surface area (Å²) < 4.78 is 0. The SMILES string of the molecule is O=[N+]([O-])OCC(CO)CO. The van der Waals surface area contributed by atoms with Crippen LogP contribution in [0, 0.1) is 16.0 Å². The second-order valence-electron chi connectivity index (χ2n) is 1.75. The van der Waals surface area contributed by atoms with E-state index < -0.39 is 11.0 Å². The van der Waals surface area contributed by atoms with Crippen LogP contribution >= 0.6 is 0 Å². The van der Waals surface area contributed by atoms with Crippen molar-refractivity contribution in [3.05, 3.63) is 10.1 Å². The summed E-state index contributed by atoms with van der Waals surface area (Å²) in [6, 6.07) is 0. The van der Waals surface area contributed by atoms with Gasteiger partial charge < -0.3 is 15.1 Å². The average molecular weight is 151 g/mol. The standard InChI is InChI=1S/C4H9NO5/c6-1-4(2-7)3-10-5(8)9/h4,6-7H,1-3H2. The molecule has 0 heterocycles. The molecule has 0 fully saturated rings. The highest BCUT2D eigenvalue weighted by atomic mass is 16.9. The van der Waals surface area contributed by atoms with Crippen LogP contribution in [0.3, 0.4) is 0 Å². The third-order valence-electron chi connectivity index (χ3n) is 0.932. The number of rotatable bonds is 5. The van der Waals surface area contributed by atoms with E-state index in [0.717, 1.165) is 0 Å². The Kier molecular flexibility index (Phi) is 4.51. The Morgan fingerprint density at radius 3 is 2.30 bits per heavy atom. The van der Waals surface area contributed by atoms with Crippen LogP contribution < -0.4 is 0 Å². The molecule has 0 atom stereocenters. The predicted molar refractivity (Wildman–Crippen MR) is 30.6 cm³/mol. The zero-order valence-electron chi connectivity index (χ0n) is 5.27. The van der Waals surface area contributed by atoms with Gasteiger partial charge in [-0.05, 0) is 0 Å². The Morgan fingerprint density at radius 2 is 2.00 bits per heavy atom. The molecule has 0 aliphatic heterocycles. The van der Waals surface area contributed by atoms with E-state index in [1.807, 2.05) is 0 Å². The van der Waals surface area contributed by atoms with Gasteiger partial charge in [0.2, 0.25) is 0 Å². The zero-order valence-corrected chi connectivity index (χ0v) is 5.27. The van der Waals surface area contributed by atoms with Gasteiger partial charge in [0.1, 0.15) is 6.61 Å². The molecule has 0 aliphatic rings. The van der Waals surface area contributed by atoms with Crippen LogP contribution in [0.15, 0.2) is 0 Å². The maximum absolute atomic E-state index is 9.56. The van der Waals surface area contributed by atoms with Crippen molar-refractivity contribution in [2.45, 2.75) is 0 Å². The molecule has 0 spiro atoms. The second-order valence-corrected chi connectivity index (χ2v) is 1.75. The molecule has 0 amide bonds. The van der Waals surface area contributed by atoms with Gasteiger partial charge in [-0.2, -0.15) is 0 Å². The fraction of sp³-hybridized carbons (Fsp3) is 1.00. The molecule has 60 valence electrons. The van der Waals surface area contributed by atoms with Gasteiger partial charge >= 0.3 is 0 Å². The van der Waals surface area contributed by atoms with Crippen molar-refractivity contribution in [1.29, 1.82) is 0 Å². The fourth-order valence-electron chi connectivity index (χ4n) is 0.329. The molecular formula is C4H9NO5. The Balaban J connectivity index is 3.34. The summed E-state index contributed by atoms with van der Waals surface area (Å²) in [4.78, 5) is 13.4. The van der Waals surface area contributed by atoms with E-state index in [4.69, 9.17) is 10.2 Å². The second kappa shape index (κ2) is 4.95. The van der Waals surface area contributed by atoms with Gasteiger partial charge in [-0.1, -0.05) is 0 Å². The number of aliphatic hydroxyl groups is 2. The van der Waals surface area contributed by atoms with Crippen LogP contribution in [0.1, 0.15) is 0 Å². The van der Waals surface area contributed by atoms with E-state index in [1.165, 1.54) is 0 Å². The highest BCUT2D eigenvalue weighted by Gasteiger charge is 2.07. The van der Waals surface area contributed by atoms with Crippen LogP contribution in [0.25, 0.3) is 0 Å². The number of nitrogens with zero attached hydrogens (tertiary/aromatic N) is 1. The maximum Gasteiger partial charge on any atom is 0.294 e. The van der Waals surface area contributed by atoms with Gasteiger partial charge in [0.25, 0.3) is 5.09 Å². The van der Waals surface area contributed by atoms with Gasteiger partial charge in [-0.15, -0.1) is 10.1 Å². The van der Waals surface area contributed by atoms with Gasteiger partial charge in [-0.25, -0.2) is 0 Å². The first-order chi connectivity index (χ1) is 4.70. The van der Waals surface area contributed by atoms with E-state index in [0.29, 0.717) is 0 Å². The minimum absolute atomic E-state index is 0.264. The third kappa shape index (κ3) is 4.04. The summed E-state index contributed by atoms with van der Waals surface area (Å²) in [5.41, 5.74) is 0. The molecule has 6 heteroatoms. The predicted octanol–water partition coefficient (Wildman–Crippen LogP) is -1.20. The van der Waals surface area contributed by atoms with Crippen molar-refractivity contribution >= 4 is 0 Å². The number of hydrogen-bond donors (Lipinski definition) is 2. The Bertz CT molecular complexity index is 102. The molecule has 0 unspecified atom stereocenters. The quantitative estimate of drug-likeness (QED) is 0.380. The van der Waals surface area contributed by atoms with Crippen molar-refractivity contribution in [1.82, 2.24) is 0 Å². The smallest absolute Gasteiger partial charge is 0.294 e. The van der Waals surface area contributed by atoms with E-state index in [9.17, 15) is 10.1 Å². The summed E-state index contributed by atoms with van der Waals surface area (Å²) >= 11 is 0. The molecule has 0 aromatic rings. The minimum atomic E-state index is -0.960. The molecule has 0 saturated heterocycles. The van der Waals surface area contributed by atoms with Gasteiger partial charge in [0.15, 0.2) is 0 Å². The molecule has 0 saturated carbocycles. The van der Waals surface area contributed by atoms with Crippen LogP contribution in [-0.2, 0) is 4.84 Å². The Morgan fingerprint density at radius 1 is 1.50 bits per heavy atom. The van der Waals surface area contributed by atoms with E-state index in [-0.39, 0.29) is 19.8 Å². The van der Waals surface area contributed by atoms with Gasteiger partial charge in [0, 0.05) is 19.1 Å². The molecule has 0 bridgehead atoms. The normalized spacial score (nSPS) is 9.90. The summed E-state index contributed by atoms with van der Waals surface area (Å²) in [6.07, 6.45) is 0. The topological polar surface area (TPSA) is 92.8 Å². The lowest BCUT2D eigenvalue weighted by atomic mass is 10.2. The fourth-order valence-corrected chi connectivity index (χ4v) is 0.329. The first kappa shape index (κ1) is 9.12. The largest absolute Gasteiger partial charge is 0.396 e. The molecule has 2 N–H and O–H groups in total. The van der Waals surface area contributed by atoms with Gasteiger partial charge in [-0.3, -0.25) is 0 Å². The van der Waals surface area contributed by atoms with Crippen LogP contribution in [0.4, 0.5) is 0 Å². The summed E-state index contributed by atoms with van der Waals surface area (Å²) in [7, 11) is 0. The molecule has 6 nitrogen and oxygen atoms in total. The maximum atomic E-state index is 9.56. The lowest BCUT2D eigenvalue weighted by Crippen LogP contribution is -2.19. The number of hydrogen-bond acceptors (Lipinski definition) is 5. The zero-order chi connectivity index (χ0) is 7.98. The average Bonchev–Trinajstić information content (AvgIpc) is 1.90. The molecule has 0 radical (unpaired) electrons. The van der Waals surface area contributed by atoms with Gasteiger partial charge in [0.05, 0.1) is 0 Å². The van der Waals surface area contributed by atoms with E-state index in [1.54, 1.807) is 0 Å². The molecular weight excluding hydrogens is 142 g/mol. The monoisotopic (exact) mass is 151 g/mol. The third-order valence-corrected chi connectivity index (χ3v) is 0.932. The minimum Gasteiger partial charge on any atom is -0.396 e. The van der Waals surface area contributed by atoms with Crippen LogP contribution in [0.5, 0.6) is 0 Å². The molecule has 0 aromatic heterocycles. The van der Waals surface area contributed by atoms with Crippen LogP contribution in [-0.4, -0.2) is 35.1 Å². The molecule has 0 aliphatic carbocycles. The summed E-state index contributed by atoms with van der Waals surface area (Å²) in [6.45, 7) is -0.894. The lowest BCUT2D eigenvalue weighted by molar-refractivity contribution is -0.759. The lowest BCUT2D eigenvalue weighted by Gasteiger charge is -2.07. The van der Waals surface area contributed by atoms with Crippen molar-refractivity contribution in [2.24, 2.45) is 5.92 Å². The first-order valence-corrected chi connectivity index (χ1v) is 2.69. The Hall–Kier alpha value is -0.880. The molecule has 10 heavy (non-hydrogen) atoms. The molecule has 0 rings (SSSR count). The van der Waals surface area contributed by atoms with E-state index >= 15 is 0 Å². The highest BCUT2D eigenvalue weighted by molar-refractivity contribution is 4.50. The van der Waals surface area contributed by atoms with Crippen molar-refractivity contribution < 1.29 is 20.1 Å². The first-order valence-electron chi connectivity index (χ1n) is 2.69. The summed E-state index contributed by atoms with van der Waals surface area (Å²) in [5.74, 6) is -0.564. The Labute approximate surface area is 57.1 Å². The number of aliphatic hydroxyl groups excluding tert-OH is 2. The molecule has 0 aromatic carbocycles. The van der Waals surface area contributed by atoms with Crippen LogP contribution in [0.2, 0.25) is 0 Å². The summed E-state index contributed by atoms with van der Waals surface area (Å²) in [5, 5.41) is 25.3. The van der Waals surface area contributed by atoms with Crippen molar-refractivity contribution in [3.63, 3.8) is 0 Å². The van der Waals surface area contributed by atoms with E-state index in [2.05, 4.69) is 4.84 Å². The highest BCUT2D eigenvalue weighted by Crippen LogP contribution is 1.93.